The van der Waals surface area contributed by atoms with Crippen LogP contribution in [0.3, 0.4) is 0 Å². The molecule has 3 aromatic heterocycles. The molecular weight excluding hydrogens is 326 g/mol. The van der Waals surface area contributed by atoms with E-state index in [9.17, 15) is 0 Å². The van der Waals surface area contributed by atoms with Gasteiger partial charge in [-0.1, -0.05) is 6.07 Å². The van der Waals surface area contributed by atoms with Gasteiger partial charge in [0.25, 0.3) is 0 Å². The molecule has 130 valence electrons. The first-order chi connectivity index (χ1) is 12.7. The van der Waals surface area contributed by atoms with Crippen molar-refractivity contribution in [3.63, 3.8) is 0 Å². The van der Waals surface area contributed by atoms with Gasteiger partial charge in [0, 0.05) is 11.9 Å². The summed E-state index contributed by atoms with van der Waals surface area (Å²) in [7, 11) is 0. The summed E-state index contributed by atoms with van der Waals surface area (Å²) in [6.45, 7) is 4.60. The van der Waals surface area contributed by atoms with E-state index in [1.54, 1.807) is 12.4 Å². The zero-order chi connectivity index (χ0) is 17.9. The van der Waals surface area contributed by atoms with Crippen molar-refractivity contribution in [3.05, 3.63) is 66.7 Å². The van der Waals surface area contributed by atoms with Gasteiger partial charge in [-0.2, -0.15) is 0 Å². The summed E-state index contributed by atoms with van der Waals surface area (Å²) in [6, 6.07) is 13.7. The molecule has 4 aromatic rings. The number of rotatable bonds is 5. The molecule has 3 heterocycles. The van der Waals surface area contributed by atoms with Crippen LogP contribution in [0.2, 0.25) is 0 Å². The zero-order valence-electron chi connectivity index (χ0n) is 14.7. The summed E-state index contributed by atoms with van der Waals surface area (Å²) in [4.78, 5) is 13.6. The lowest BCUT2D eigenvalue weighted by Gasteiger charge is -2.09. The first-order valence-electron chi connectivity index (χ1n) is 8.50. The normalized spacial score (nSPS) is 10.8. The molecular formula is C20H19N5O. The maximum absolute atomic E-state index is 5.47. The van der Waals surface area contributed by atoms with Gasteiger partial charge in [-0.05, 0) is 50.2 Å². The van der Waals surface area contributed by atoms with Gasteiger partial charge in [0.15, 0.2) is 0 Å². The van der Waals surface area contributed by atoms with E-state index in [0.29, 0.717) is 12.4 Å². The number of pyridine rings is 1. The van der Waals surface area contributed by atoms with E-state index in [1.807, 2.05) is 66.9 Å². The third-order valence-electron chi connectivity index (χ3n) is 4.02. The lowest BCUT2D eigenvalue weighted by molar-refractivity contribution is 0.340. The van der Waals surface area contributed by atoms with E-state index in [1.165, 1.54) is 0 Å². The molecule has 0 spiro atoms. The van der Waals surface area contributed by atoms with Crippen molar-refractivity contribution in [2.75, 3.05) is 11.9 Å². The summed E-state index contributed by atoms with van der Waals surface area (Å²) >= 11 is 0. The quantitative estimate of drug-likeness (QED) is 0.586. The SMILES string of the molecule is CCOc1ccc(Nc2cncc(-c3c(C)nc4ccccn34)n2)cc1. The van der Waals surface area contributed by atoms with E-state index in [4.69, 9.17) is 9.72 Å². The number of fused-ring (bicyclic) bond motifs is 1. The summed E-state index contributed by atoms with van der Waals surface area (Å²) in [6.07, 6.45) is 5.45. The fraction of sp³-hybridized carbons (Fsp3) is 0.150. The largest absolute Gasteiger partial charge is 0.494 e. The van der Waals surface area contributed by atoms with Crippen molar-refractivity contribution >= 4 is 17.2 Å². The number of anilines is 2. The van der Waals surface area contributed by atoms with E-state index in [-0.39, 0.29) is 0 Å². The molecule has 6 nitrogen and oxygen atoms in total. The molecule has 26 heavy (non-hydrogen) atoms. The van der Waals surface area contributed by atoms with Gasteiger partial charge in [0.1, 0.15) is 22.9 Å². The number of hydrogen-bond acceptors (Lipinski definition) is 5. The van der Waals surface area contributed by atoms with Gasteiger partial charge >= 0.3 is 0 Å². The van der Waals surface area contributed by atoms with Crippen LogP contribution < -0.4 is 10.1 Å². The molecule has 0 saturated heterocycles. The van der Waals surface area contributed by atoms with Crippen molar-refractivity contribution in [1.29, 1.82) is 0 Å². The van der Waals surface area contributed by atoms with Gasteiger partial charge in [0.05, 0.1) is 30.4 Å². The molecule has 0 aliphatic carbocycles. The molecule has 0 radical (unpaired) electrons. The van der Waals surface area contributed by atoms with Crippen LogP contribution in [0, 0.1) is 6.92 Å². The molecule has 0 saturated carbocycles. The number of imidazole rings is 1. The Morgan fingerprint density at radius 2 is 1.88 bits per heavy atom. The van der Waals surface area contributed by atoms with E-state index in [0.717, 1.165) is 34.2 Å². The van der Waals surface area contributed by atoms with Gasteiger partial charge in [-0.3, -0.25) is 9.38 Å². The summed E-state index contributed by atoms with van der Waals surface area (Å²) < 4.78 is 7.50. The van der Waals surface area contributed by atoms with E-state index < -0.39 is 0 Å². The fourth-order valence-corrected chi connectivity index (χ4v) is 2.91. The Morgan fingerprint density at radius 3 is 2.69 bits per heavy atom. The Labute approximate surface area is 151 Å². The van der Waals surface area contributed by atoms with Crippen molar-refractivity contribution in [1.82, 2.24) is 19.4 Å². The highest BCUT2D eigenvalue weighted by molar-refractivity contribution is 5.66. The van der Waals surface area contributed by atoms with Gasteiger partial charge in [-0.15, -0.1) is 0 Å². The number of aromatic nitrogens is 4. The molecule has 0 bridgehead atoms. The average Bonchev–Trinajstić information content (AvgIpc) is 2.99. The third kappa shape index (κ3) is 3.09. The maximum Gasteiger partial charge on any atom is 0.149 e. The van der Waals surface area contributed by atoms with Gasteiger partial charge < -0.3 is 10.1 Å². The summed E-state index contributed by atoms with van der Waals surface area (Å²) in [5.41, 5.74) is 4.46. The lowest BCUT2D eigenvalue weighted by Crippen LogP contribution is -1.98. The highest BCUT2D eigenvalue weighted by atomic mass is 16.5. The Morgan fingerprint density at radius 1 is 1.04 bits per heavy atom. The van der Waals surface area contributed by atoms with Crippen LogP contribution in [0.25, 0.3) is 17.0 Å². The maximum atomic E-state index is 5.47. The van der Waals surface area contributed by atoms with Crippen LogP contribution in [0.1, 0.15) is 12.6 Å². The minimum atomic E-state index is 0.652. The molecule has 1 N–H and O–H groups in total. The van der Waals surface area contributed by atoms with Crippen molar-refractivity contribution in [3.8, 4) is 17.1 Å². The van der Waals surface area contributed by atoms with Crippen LogP contribution in [-0.2, 0) is 0 Å². The first-order valence-corrected chi connectivity index (χ1v) is 8.50. The number of nitrogens with zero attached hydrogens (tertiary/aromatic N) is 4. The minimum absolute atomic E-state index is 0.652. The smallest absolute Gasteiger partial charge is 0.149 e. The highest BCUT2D eigenvalue weighted by Gasteiger charge is 2.12. The molecule has 6 heteroatoms. The lowest BCUT2D eigenvalue weighted by atomic mass is 10.2. The first kappa shape index (κ1) is 16.1. The molecule has 0 aliphatic heterocycles. The molecule has 0 aliphatic rings. The van der Waals surface area contributed by atoms with Crippen molar-refractivity contribution in [2.45, 2.75) is 13.8 Å². The second-order valence-corrected chi connectivity index (χ2v) is 5.85. The minimum Gasteiger partial charge on any atom is -0.494 e. The predicted octanol–water partition coefficient (Wildman–Crippen LogP) is 4.24. The van der Waals surface area contributed by atoms with Crippen molar-refractivity contribution in [2.24, 2.45) is 0 Å². The van der Waals surface area contributed by atoms with E-state index in [2.05, 4.69) is 15.3 Å². The Balaban J connectivity index is 1.65. The number of nitrogens with one attached hydrogen (secondary N) is 1. The molecule has 0 amide bonds. The Kier molecular flexibility index (Phi) is 4.23. The molecule has 4 rings (SSSR count). The fourth-order valence-electron chi connectivity index (χ4n) is 2.91. The summed E-state index contributed by atoms with van der Waals surface area (Å²) in [5, 5.41) is 3.28. The molecule has 1 aromatic carbocycles. The Hall–Kier alpha value is -3.41. The van der Waals surface area contributed by atoms with Crippen LogP contribution in [-0.4, -0.2) is 26.0 Å². The van der Waals surface area contributed by atoms with Crippen molar-refractivity contribution < 1.29 is 4.74 Å². The standard InChI is InChI=1S/C20H19N5O/c1-3-26-16-9-7-15(8-10-16)23-18-13-21-12-17(24-18)20-14(2)22-19-6-4-5-11-25(19)20/h4-13H,3H2,1-2H3,(H,23,24). The zero-order valence-corrected chi connectivity index (χ0v) is 14.7. The number of ether oxygens (including phenoxy) is 1. The van der Waals surface area contributed by atoms with Crippen LogP contribution >= 0.6 is 0 Å². The van der Waals surface area contributed by atoms with Gasteiger partial charge in [0.2, 0.25) is 0 Å². The third-order valence-corrected chi connectivity index (χ3v) is 4.02. The monoisotopic (exact) mass is 345 g/mol. The highest BCUT2D eigenvalue weighted by Crippen LogP contribution is 2.25. The Bertz CT molecular complexity index is 1040. The molecule has 0 unspecified atom stereocenters. The van der Waals surface area contributed by atoms with Crippen LogP contribution in [0.5, 0.6) is 5.75 Å². The van der Waals surface area contributed by atoms with E-state index >= 15 is 0 Å². The van der Waals surface area contributed by atoms with Crippen LogP contribution in [0.15, 0.2) is 61.1 Å². The number of benzene rings is 1. The molecule has 0 fully saturated rings. The van der Waals surface area contributed by atoms with Gasteiger partial charge in [-0.25, -0.2) is 9.97 Å². The second-order valence-electron chi connectivity index (χ2n) is 5.85. The number of aryl methyl sites for hydroxylation is 1. The predicted molar refractivity (Wildman–Crippen MR) is 102 cm³/mol. The summed E-state index contributed by atoms with van der Waals surface area (Å²) in [5.74, 6) is 1.52. The molecule has 0 atom stereocenters. The van der Waals surface area contributed by atoms with Crippen LogP contribution in [0.4, 0.5) is 11.5 Å². The topological polar surface area (TPSA) is 64.3 Å². The second kappa shape index (κ2) is 6.84. The number of hydrogen-bond donors (Lipinski definition) is 1. The average molecular weight is 345 g/mol.